The van der Waals surface area contributed by atoms with Crippen molar-refractivity contribution >= 4 is 35.0 Å². The van der Waals surface area contributed by atoms with Crippen LogP contribution in [0.3, 0.4) is 0 Å². The number of carbonyl (C=O) groups excluding carboxylic acids is 2. The molecular weight excluding hydrogens is 474 g/mol. The number of nitrogens with one attached hydrogen (secondary N) is 1. The maximum Gasteiger partial charge on any atom is 0.244 e. The monoisotopic (exact) mass is 499 g/mol. The molecule has 1 N–H and O–H groups in total. The highest BCUT2D eigenvalue weighted by Crippen LogP contribution is 2.31. The van der Waals surface area contributed by atoms with E-state index in [1.54, 1.807) is 6.07 Å². The smallest absolute Gasteiger partial charge is 0.244 e. The Labute approximate surface area is 213 Å². The third-order valence-corrected chi connectivity index (χ3v) is 6.62. The predicted molar refractivity (Wildman–Crippen MR) is 140 cm³/mol. The molecule has 4 aromatic rings. The Kier molecular flexibility index (Phi) is 6.99. The van der Waals surface area contributed by atoms with Crippen molar-refractivity contribution in [3.05, 3.63) is 90.3 Å². The van der Waals surface area contributed by atoms with Gasteiger partial charge in [-0.05, 0) is 48.9 Å². The molecule has 0 bridgehead atoms. The molecule has 9 heteroatoms. The molecule has 0 saturated carbocycles. The van der Waals surface area contributed by atoms with Gasteiger partial charge in [-0.1, -0.05) is 54.2 Å². The van der Waals surface area contributed by atoms with Crippen LogP contribution >= 0.6 is 11.8 Å². The van der Waals surface area contributed by atoms with Crippen LogP contribution in [0.1, 0.15) is 18.3 Å². The number of benzene rings is 3. The lowest BCUT2D eigenvalue weighted by molar-refractivity contribution is -0.120. The van der Waals surface area contributed by atoms with Crippen LogP contribution in [0.15, 0.2) is 84.0 Å². The van der Waals surface area contributed by atoms with Gasteiger partial charge in [0.25, 0.3) is 0 Å². The van der Waals surface area contributed by atoms with Crippen LogP contribution in [-0.4, -0.2) is 45.5 Å². The molecule has 182 valence electrons. The molecule has 1 aliphatic rings. The Hall–Kier alpha value is -4.11. The molecule has 0 radical (unpaired) electrons. The first-order valence-electron chi connectivity index (χ1n) is 11.7. The van der Waals surface area contributed by atoms with Crippen LogP contribution in [0, 0.1) is 0 Å². The van der Waals surface area contributed by atoms with Gasteiger partial charge in [0.15, 0.2) is 5.16 Å². The van der Waals surface area contributed by atoms with E-state index >= 15 is 0 Å². The Bertz CT molecular complexity index is 1370. The maximum atomic E-state index is 13.2. The van der Waals surface area contributed by atoms with Crippen molar-refractivity contribution in [1.29, 1.82) is 0 Å². The minimum atomic E-state index is -0.213. The fourth-order valence-electron chi connectivity index (χ4n) is 4.06. The minimum Gasteiger partial charge on any atom is -0.494 e. The van der Waals surface area contributed by atoms with Gasteiger partial charge in [0, 0.05) is 12.1 Å². The van der Waals surface area contributed by atoms with Gasteiger partial charge >= 0.3 is 0 Å². The molecule has 0 saturated heterocycles. The van der Waals surface area contributed by atoms with Gasteiger partial charge in [-0.15, -0.1) is 10.2 Å². The second-order valence-corrected chi connectivity index (χ2v) is 9.10. The normalized spacial score (nSPS) is 12.7. The second-order valence-electron chi connectivity index (χ2n) is 8.16. The number of hydrogen-bond donors (Lipinski definition) is 1. The molecule has 2 amide bonds. The third-order valence-electron chi connectivity index (χ3n) is 5.71. The number of nitrogens with zero attached hydrogens (tertiary/aromatic N) is 4. The molecule has 0 unspecified atom stereocenters. The summed E-state index contributed by atoms with van der Waals surface area (Å²) in [5.74, 6) is 1.28. The van der Waals surface area contributed by atoms with E-state index in [0.29, 0.717) is 29.6 Å². The van der Waals surface area contributed by atoms with Crippen LogP contribution in [-0.2, 0) is 16.0 Å². The molecule has 8 nitrogen and oxygen atoms in total. The van der Waals surface area contributed by atoms with Crippen molar-refractivity contribution in [3.8, 4) is 11.4 Å². The van der Waals surface area contributed by atoms with Crippen LogP contribution in [0.4, 0.5) is 11.4 Å². The van der Waals surface area contributed by atoms with Crippen LogP contribution in [0.25, 0.3) is 5.69 Å². The number of para-hydroxylation sites is 2. The number of hydrogen-bond acceptors (Lipinski definition) is 6. The van der Waals surface area contributed by atoms with E-state index in [-0.39, 0.29) is 24.1 Å². The van der Waals surface area contributed by atoms with Crippen LogP contribution in [0.5, 0.6) is 5.75 Å². The summed E-state index contributed by atoms with van der Waals surface area (Å²) in [6.07, 6.45) is 0.592. The van der Waals surface area contributed by atoms with E-state index in [4.69, 9.17) is 4.74 Å². The summed E-state index contributed by atoms with van der Waals surface area (Å²) in [6.45, 7) is 2.52. The van der Waals surface area contributed by atoms with Crippen LogP contribution in [0.2, 0.25) is 0 Å². The number of anilines is 2. The van der Waals surface area contributed by atoms with E-state index < -0.39 is 0 Å². The second kappa shape index (κ2) is 10.7. The number of fused-ring (bicyclic) bond motifs is 1. The first-order valence-corrected chi connectivity index (χ1v) is 12.6. The lowest BCUT2D eigenvalue weighted by Crippen LogP contribution is -2.43. The molecule has 1 aromatic heterocycles. The topological polar surface area (TPSA) is 89.3 Å². The summed E-state index contributed by atoms with van der Waals surface area (Å²) in [5, 5.41) is 12.3. The van der Waals surface area contributed by atoms with Gasteiger partial charge in [-0.3, -0.25) is 14.2 Å². The molecule has 3 aromatic carbocycles. The number of rotatable bonds is 8. The molecule has 0 spiro atoms. The Balaban J connectivity index is 1.41. The predicted octanol–water partition coefficient (Wildman–Crippen LogP) is 4.33. The van der Waals surface area contributed by atoms with E-state index in [9.17, 15) is 9.59 Å². The average Bonchev–Trinajstić information content (AvgIpc) is 3.30. The molecule has 2 heterocycles. The molecular formula is C27H25N5O3S. The minimum absolute atomic E-state index is 0.0127. The van der Waals surface area contributed by atoms with E-state index in [1.807, 2.05) is 84.3 Å². The van der Waals surface area contributed by atoms with Crippen molar-refractivity contribution < 1.29 is 14.3 Å². The molecule has 0 atom stereocenters. The average molecular weight is 500 g/mol. The highest BCUT2D eigenvalue weighted by atomic mass is 32.2. The lowest BCUT2D eigenvalue weighted by atomic mass is 10.1. The molecule has 1 aliphatic heterocycles. The first kappa shape index (κ1) is 23.6. The number of thioether (sulfide) groups is 1. The van der Waals surface area contributed by atoms with E-state index in [0.717, 1.165) is 22.8 Å². The van der Waals surface area contributed by atoms with Crippen molar-refractivity contribution in [2.45, 2.75) is 18.5 Å². The number of amides is 2. The van der Waals surface area contributed by atoms with Gasteiger partial charge < -0.3 is 15.0 Å². The third kappa shape index (κ3) is 5.11. The number of ether oxygens (including phenoxy) is 1. The molecule has 0 fully saturated rings. The molecule has 36 heavy (non-hydrogen) atoms. The summed E-state index contributed by atoms with van der Waals surface area (Å²) < 4.78 is 7.56. The van der Waals surface area contributed by atoms with Gasteiger partial charge in [0.2, 0.25) is 11.8 Å². The SMILES string of the molecule is CCOc1ccc(-n2c(Cc3ccccc3)nnc2SCC(=O)N2CC(=O)Nc3ccccc32)cc1. The van der Waals surface area contributed by atoms with Crippen molar-refractivity contribution in [1.82, 2.24) is 14.8 Å². The van der Waals surface area contributed by atoms with Crippen molar-refractivity contribution in [2.24, 2.45) is 0 Å². The van der Waals surface area contributed by atoms with Crippen LogP contribution < -0.4 is 15.0 Å². The first-order chi connectivity index (χ1) is 17.6. The van der Waals surface area contributed by atoms with Gasteiger partial charge in [0.05, 0.1) is 23.7 Å². The van der Waals surface area contributed by atoms with E-state index in [1.165, 1.54) is 16.7 Å². The zero-order valence-electron chi connectivity index (χ0n) is 19.8. The van der Waals surface area contributed by atoms with Gasteiger partial charge in [0.1, 0.15) is 18.1 Å². The summed E-state index contributed by atoms with van der Waals surface area (Å²) in [7, 11) is 0. The summed E-state index contributed by atoms with van der Waals surface area (Å²) in [6, 6.07) is 25.1. The Morgan fingerprint density at radius 2 is 1.75 bits per heavy atom. The Morgan fingerprint density at radius 1 is 1.00 bits per heavy atom. The summed E-state index contributed by atoms with van der Waals surface area (Å²) >= 11 is 1.30. The fraction of sp³-hybridized carbons (Fsp3) is 0.185. The van der Waals surface area contributed by atoms with Crippen molar-refractivity contribution in [2.75, 3.05) is 29.1 Å². The summed E-state index contributed by atoms with van der Waals surface area (Å²) in [4.78, 5) is 26.9. The zero-order chi connectivity index (χ0) is 24.9. The highest BCUT2D eigenvalue weighted by molar-refractivity contribution is 7.99. The molecule has 0 aliphatic carbocycles. The lowest BCUT2D eigenvalue weighted by Gasteiger charge is -2.29. The number of aromatic nitrogens is 3. The molecule has 5 rings (SSSR count). The maximum absolute atomic E-state index is 13.2. The fourth-order valence-corrected chi connectivity index (χ4v) is 4.91. The van der Waals surface area contributed by atoms with Gasteiger partial charge in [-0.2, -0.15) is 0 Å². The largest absolute Gasteiger partial charge is 0.494 e. The number of carbonyl (C=O) groups is 2. The summed E-state index contributed by atoms with van der Waals surface area (Å²) in [5.41, 5.74) is 3.32. The standard InChI is InChI=1S/C27H25N5O3S/c1-2-35-21-14-12-20(13-15-21)32-24(16-19-8-4-3-5-9-19)29-30-27(32)36-18-26(34)31-17-25(33)28-22-10-6-7-11-23(22)31/h3-15H,2,16-18H2,1H3,(H,28,33). The van der Waals surface area contributed by atoms with E-state index in [2.05, 4.69) is 15.5 Å². The highest BCUT2D eigenvalue weighted by Gasteiger charge is 2.27. The van der Waals surface area contributed by atoms with Crippen molar-refractivity contribution in [3.63, 3.8) is 0 Å². The Morgan fingerprint density at radius 3 is 2.53 bits per heavy atom. The quantitative estimate of drug-likeness (QED) is 0.363. The zero-order valence-corrected chi connectivity index (χ0v) is 20.6. The van der Waals surface area contributed by atoms with Gasteiger partial charge in [-0.25, -0.2) is 0 Å².